The third kappa shape index (κ3) is 4.00. The first kappa shape index (κ1) is 17.5. The molecule has 1 aliphatic rings. The Balaban J connectivity index is 1.66. The highest BCUT2D eigenvalue weighted by atomic mass is 16.3. The second-order valence-electron chi connectivity index (χ2n) is 6.55. The van der Waals surface area contributed by atoms with Crippen LogP contribution in [0.25, 0.3) is 11.1 Å². The fraction of sp³-hybridized carbons (Fsp3) is 0.526. The Labute approximate surface area is 147 Å². The van der Waals surface area contributed by atoms with Crippen LogP contribution in [-0.2, 0) is 4.79 Å². The number of aromatic nitrogens is 1. The highest BCUT2D eigenvalue weighted by Gasteiger charge is 2.23. The summed E-state index contributed by atoms with van der Waals surface area (Å²) < 4.78 is 5.46. The minimum atomic E-state index is -0.00888. The van der Waals surface area contributed by atoms with Crippen molar-refractivity contribution in [2.45, 2.75) is 39.5 Å². The first-order valence-corrected chi connectivity index (χ1v) is 9.02. The Hall–Kier alpha value is -2.37. The number of rotatable bonds is 4. The van der Waals surface area contributed by atoms with Crippen molar-refractivity contribution >= 4 is 22.9 Å². The summed E-state index contributed by atoms with van der Waals surface area (Å²) in [5, 5.41) is 0. The van der Waals surface area contributed by atoms with Crippen molar-refractivity contribution in [1.29, 1.82) is 0 Å². The van der Waals surface area contributed by atoms with Crippen molar-refractivity contribution in [3.05, 3.63) is 29.7 Å². The van der Waals surface area contributed by atoms with Crippen molar-refractivity contribution in [2.75, 3.05) is 26.2 Å². The minimum Gasteiger partial charge on any atom is -0.441 e. The SMILES string of the molecule is CCCCC(=O)N1CCCN(C(=O)c2ccc3oc(C)nc3c2)CC1. The molecule has 0 radical (unpaired) electrons. The van der Waals surface area contributed by atoms with Gasteiger partial charge in [0.15, 0.2) is 11.5 Å². The molecule has 6 heteroatoms. The smallest absolute Gasteiger partial charge is 0.253 e. The molecular weight excluding hydrogens is 318 g/mol. The van der Waals surface area contributed by atoms with Gasteiger partial charge in [-0.1, -0.05) is 13.3 Å². The van der Waals surface area contributed by atoms with Crippen LogP contribution in [0.5, 0.6) is 0 Å². The first-order chi connectivity index (χ1) is 12.1. The molecule has 0 N–H and O–H groups in total. The van der Waals surface area contributed by atoms with Gasteiger partial charge in [-0.15, -0.1) is 0 Å². The lowest BCUT2D eigenvalue weighted by atomic mass is 10.1. The molecule has 134 valence electrons. The third-order valence-electron chi connectivity index (χ3n) is 4.62. The zero-order valence-corrected chi connectivity index (χ0v) is 15.0. The van der Waals surface area contributed by atoms with Gasteiger partial charge in [0.1, 0.15) is 5.52 Å². The van der Waals surface area contributed by atoms with Gasteiger partial charge in [-0.2, -0.15) is 0 Å². The molecule has 6 nitrogen and oxygen atoms in total. The van der Waals surface area contributed by atoms with E-state index in [0.29, 0.717) is 48.6 Å². The largest absolute Gasteiger partial charge is 0.441 e. The fourth-order valence-electron chi connectivity index (χ4n) is 3.21. The number of nitrogens with zero attached hydrogens (tertiary/aromatic N) is 3. The number of aryl methyl sites for hydroxylation is 1. The summed E-state index contributed by atoms with van der Waals surface area (Å²) >= 11 is 0. The van der Waals surface area contributed by atoms with E-state index in [1.54, 1.807) is 25.1 Å². The number of unbranched alkanes of at least 4 members (excludes halogenated alkanes) is 1. The highest BCUT2D eigenvalue weighted by molar-refractivity contribution is 5.97. The van der Waals surface area contributed by atoms with Crippen molar-refractivity contribution in [3.8, 4) is 0 Å². The summed E-state index contributed by atoms with van der Waals surface area (Å²) in [6.07, 6.45) is 3.37. The Morgan fingerprint density at radius 3 is 2.72 bits per heavy atom. The van der Waals surface area contributed by atoms with Crippen LogP contribution in [-0.4, -0.2) is 52.8 Å². The van der Waals surface area contributed by atoms with E-state index in [0.717, 1.165) is 25.8 Å². The molecule has 2 heterocycles. The van der Waals surface area contributed by atoms with Crippen LogP contribution < -0.4 is 0 Å². The van der Waals surface area contributed by atoms with Gasteiger partial charge in [0.25, 0.3) is 5.91 Å². The number of hydrogen-bond donors (Lipinski definition) is 0. The molecule has 0 saturated carbocycles. The summed E-state index contributed by atoms with van der Waals surface area (Å²) in [6, 6.07) is 5.36. The summed E-state index contributed by atoms with van der Waals surface area (Å²) in [6.45, 7) is 6.47. The summed E-state index contributed by atoms with van der Waals surface area (Å²) in [5.74, 6) is 0.789. The maximum atomic E-state index is 12.8. The van der Waals surface area contributed by atoms with Crippen molar-refractivity contribution in [1.82, 2.24) is 14.8 Å². The molecule has 0 bridgehead atoms. The number of fused-ring (bicyclic) bond motifs is 1. The Bertz CT molecular complexity index is 768. The molecule has 2 amide bonds. The molecule has 1 aromatic heterocycles. The molecule has 0 spiro atoms. The van der Waals surface area contributed by atoms with Crippen LogP contribution in [0.1, 0.15) is 48.9 Å². The first-order valence-electron chi connectivity index (χ1n) is 9.02. The van der Waals surface area contributed by atoms with Crippen molar-refractivity contribution < 1.29 is 14.0 Å². The molecule has 1 fully saturated rings. The van der Waals surface area contributed by atoms with Gasteiger partial charge < -0.3 is 14.2 Å². The number of oxazole rings is 1. The van der Waals surface area contributed by atoms with E-state index < -0.39 is 0 Å². The molecule has 0 aliphatic carbocycles. The Morgan fingerprint density at radius 1 is 1.16 bits per heavy atom. The van der Waals surface area contributed by atoms with Crippen LogP contribution in [0.4, 0.5) is 0 Å². The number of hydrogen-bond acceptors (Lipinski definition) is 4. The van der Waals surface area contributed by atoms with E-state index >= 15 is 0 Å². The second-order valence-corrected chi connectivity index (χ2v) is 6.55. The average Bonchev–Trinajstić information content (AvgIpc) is 2.82. The molecule has 0 unspecified atom stereocenters. The lowest BCUT2D eigenvalue weighted by Crippen LogP contribution is -2.37. The lowest BCUT2D eigenvalue weighted by Gasteiger charge is -2.22. The van der Waals surface area contributed by atoms with Gasteiger partial charge in [-0.3, -0.25) is 9.59 Å². The van der Waals surface area contributed by atoms with E-state index in [2.05, 4.69) is 11.9 Å². The molecule has 1 aromatic carbocycles. The molecule has 3 rings (SSSR count). The summed E-state index contributed by atoms with van der Waals surface area (Å²) in [7, 11) is 0. The summed E-state index contributed by atoms with van der Waals surface area (Å²) in [5.41, 5.74) is 2.01. The van der Waals surface area contributed by atoms with Crippen molar-refractivity contribution in [2.24, 2.45) is 0 Å². The fourth-order valence-corrected chi connectivity index (χ4v) is 3.21. The van der Waals surface area contributed by atoms with E-state index in [9.17, 15) is 9.59 Å². The molecule has 2 aromatic rings. The lowest BCUT2D eigenvalue weighted by molar-refractivity contribution is -0.131. The topological polar surface area (TPSA) is 66.7 Å². The Kier molecular flexibility index (Phi) is 5.36. The molecule has 0 atom stereocenters. The van der Waals surface area contributed by atoms with Crippen LogP contribution in [0.15, 0.2) is 22.6 Å². The van der Waals surface area contributed by atoms with Gasteiger partial charge in [0, 0.05) is 45.1 Å². The van der Waals surface area contributed by atoms with E-state index in [1.807, 2.05) is 9.80 Å². The van der Waals surface area contributed by atoms with Gasteiger partial charge in [-0.25, -0.2) is 4.98 Å². The van der Waals surface area contributed by atoms with Crippen LogP contribution >= 0.6 is 0 Å². The van der Waals surface area contributed by atoms with Crippen LogP contribution in [0, 0.1) is 6.92 Å². The highest BCUT2D eigenvalue weighted by Crippen LogP contribution is 2.18. The predicted octanol–water partition coefficient (Wildman–Crippen LogP) is 3.00. The number of amides is 2. The summed E-state index contributed by atoms with van der Waals surface area (Å²) in [4.78, 5) is 33.0. The van der Waals surface area contributed by atoms with Gasteiger partial charge in [0.2, 0.25) is 5.91 Å². The second kappa shape index (κ2) is 7.68. The number of carbonyl (C=O) groups excluding carboxylic acids is 2. The molecular formula is C19H25N3O3. The van der Waals surface area contributed by atoms with Crippen LogP contribution in [0.3, 0.4) is 0 Å². The Morgan fingerprint density at radius 2 is 1.92 bits per heavy atom. The molecule has 25 heavy (non-hydrogen) atoms. The average molecular weight is 343 g/mol. The standard InChI is InChI=1S/C19H25N3O3/c1-3-4-6-18(23)21-9-5-10-22(12-11-21)19(24)15-7-8-17-16(13-15)20-14(2)25-17/h7-8,13H,3-6,9-12H2,1-2H3. The van der Waals surface area contributed by atoms with E-state index in [-0.39, 0.29) is 11.8 Å². The van der Waals surface area contributed by atoms with Gasteiger partial charge >= 0.3 is 0 Å². The molecule has 1 saturated heterocycles. The monoisotopic (exact) mass is 343 g/mol. The van der Waals surface area contributed by atoms with Gasteiger partial charge in [0.05, 0.1) is 0 Å². The molecule has 1 aliphatic heterocycles. The minimum absolute atomic E-state index is 0.00888. The number of carbonyl (C=O) groups is 2. The van der Waals surface area contributed by atoms with Gasteiger partial charge in [-0.05, 0) is 31.0 Å². The third-order valence-corrected chi connectivity index (χ3v) is 4.62. The number of benzene rings is 1. The zero-order chi connectivity index (χ0) is 17.8. The van der Waals surface area contributed by atoms with Crippen molar-refractivity contribution in [3.63, 3.8) is 0 Å². The maximum Gasteiger partial charge on any atom is 0.253 e. The van der Waals surface area contributed by atoms with Crippen LogP contribution in [0.2, 0.25) is 0 Å². The maximum absolute atomic E-state index is 12.8. The predicted molar refractivity (Wildman–Crippen MR) is 95.4 cm³/mol. The quantitative estimate of drug-likeness (QED) is 0.856. The van der Waals surface area contributed by atoms with E-state index in [4.69, 9.17) is 4.42 Å². The zero-order valence-electron chi connectivity index (χ0n) is 15.0. The normalized spacial score (nSPS) is 15.4. The van der Waals surface area contributed by atoms with E-state index in [1.165, 1.54) is 0 Å².